The summed E-state index contributed by atoms with van der Waals surface area (Å²) in [5, 5.41) is 0. The van der Waals surface area contributed by atoms with Crippen molar-refractivity contribution in [3.8, 4) is 0 Å². The lowest BCUT2D eigenvalue weighted by molar-refractivity contribution is -0.152. The van der Waals surface area contributed by atoms with Crippen LogP contribution in [-0.2, 0) is 9.53 Å². The van der Waals surface area contributed by atoms with Crippen LogP contribution < -0.4 is 5.73 Å². The van der Waals surface area contributed by atoms with Gasteiger partial charge in [0, 0.05) is 26.2 Å². The molecule has 1 heterocycles. The Balaban J connectivity index is 2.69. The number of ether oxygens (including phenoxy) is 1. The fourth-order valence-electron chi connectivity index (χ4n) is 1.88. The van der Waals surface area contributed by atoms with Gasteiger partial charge in [-0.25, -0.2) is 0 Å². The normalized spacial score (nSPS) is 30.3. The molecule has 1 amide bonds. The SMILES string of the molecule is CCC(C)(OC)C(=O)N1CC(C)C(N)C1. The zero-order valence-corrected chi connectivity index (χ0v) is 10.1. The van der Waals surface area contributed by atoms with Gasteiger partial charge < -0.3 is 15.4 Å². The minimum atomic E-state index is -0.691. The van der Waals surface area contributed by atoms with Gasteiger partial charge in [0.05, 0.1) is 0 Å². The van der Waals surface area contributed by atoms with E-state index in [2.05, 4.69) is 6.92 Å². The number of methoxy groups -OCH3 is 1. The number of nitrogens with zero attached hydrogens (tertiary/aromatic N) is 1. The van der Waals surface area contributed by atoms with Crippen molar-refractivity contribution in [2.75, 3.05) is 20.2 Å². The monoisotopic (exact) mass is 214 g/mol. The second-order valence-electron chi connectivity index (χ2n) is 4.64. The molecule has 0 spiro atoms. The van der Waals surface area contributed by atoms with Crippen LogP contribution in [0.4, 0.5) is 0 Å². The first-order valence-corrected chi connectivity index (χ1v) is 5.54. The molecule has 1 rings (SSSR count). The van der Waals surface area contributed by atoms with E-state index in [0.29, 0.717) is 18.9 Å². The summed E-state index contributed by atoms with van der Waals surface area (Å²) in [6.45, 7) is 7.27. The molecular weight excluding hydrogens is 192 g/mol. The number of likely N-dealkylation sites (tertiary alicyclic amines) is 1. The first kappa shape index (κ1) is 12.5. The van der Waals surface area contributed by atoms with Crippen molar-refractivity contribution in [2.24, 2.45) is 11.7 Å². The van der Waals surface area contributed by atoms with E-state index in [1.54, 1.807) is 7.11 Å². The molecule has 0 bridgehead atoms. The molecule has 0 aromatic heterocycles. The lowest BCUT2D eigenvalue weighted by Crippen LogP contribution is -2.47. The zero-order valence-electron chi connectivity index (χ0n) is 10.1. The average molecular weight is 214 g/mol. The van der Waals surface area contributed by atoms with E-state index in [0.717, 1.165) is 6.54 Å². The Morgan fingerprint density at radius 1 is 1.60 bits per heavy atom. The van der Waals surface area contributed by atoms with E-state index >= 15 is 0 Å². The molecule has 1 aliphatic rings. The lowest BCUT2D eigenvalue weighted by Gasteiger charge is -2.30. The van der Waals surface area contributed by atoms with Crippen LogP contribution in [0, 0.1) is 5.92 Å². The van der Waals surface area contributed by atoms with Crippen LogP contribution in [-0.4, -0.2) is 42.6 Å². The highest BCUT2D eigenvalue weighted by atomic mass is 16.5. The number of carbonyl (C=O) groups excluding carboxylic acids is 1. The molecule has 0 saturated carbocycles. The smallest absolute Gasteiger partial charge is 0.254 e. The molecule has 0 aromatic rings. The molecule has 0 aliphatic carbocycles. The molecule has 2 N–H and O–H groups in total. The van der Waals surface area contributed by atoms with Crippen molar-refractivity contribution < 1.29 is 9.53 Å². The molecule has 4 heteroatoms. The summed E-state index contributed by atoms with van der Waals surface area (Å²) in [4.78, 5) is 14.0. The van der Waals surface area contributed by atoms with Gasteiger partial charge in [0.15, 0.2) is 0 Å². The fourth-order valence-corrected chi connectivity index (χ4v) is 1.88. The molecule has 4 nitrogen and oxygen atoms in total. The molecule has 1 saturated heterocycles. The van der Waals surface area contributed by atoms with Crippen molar-refractivity contribution in [3.05, 3.63) is 0 Å². The quantitative estimate of drug-likeness (QED) is 0.749. The summed E-state index contributed by atoms with van der Waals surface area (Å²) in [7, 11) is 1.58. The number of hydrogen-bond acceptors (Lipinski definition) is 3. The van der Waals surface area contributed by atoms with E-state index in [9.17, 15) is 4.79 Å². The van der Waals surface area contributed by atoms with Crippen molar-refractivity contribution >= 4 is 5.91 Å². The molecule has 1 aliphatic heterocycles. The molecule has 0 aromatic carbocycles. The fraction of sp³-hybridized carbons (Fsp3) is 0.909. The van der Waals surface area contributed by atoms with Crippen LogP contribution in [0.25, 0.3) is 0 Å². The Hall–Kier alpha value is -0.610. The van der Waals surface area contributed by atoms with E-state index < -0.39 is 5.60 Å². The largest absolute Gasteiger partial charge is 0.369 e. The second kappa shape index (κ2) is 4.49. The Morgan fingerprint density at radius 2 is 2.20 bits per heavy atom. The van der Waals surface area contributed by atoms with Crippen molar-refractivity contribution in [2.45, 2.75) is 38.8 Å². The number of hydrogen-bond donors (Lipinski definition) is 1. The summed E-state index contributed by atoms with van der Waals surface area (Å²) in [5.74, 6) is 0.444. The third kappa shape index (κ3) is 2.32. The van der Waals surface area contributed by atoms with Crippen LogP contribution >= 0.6 is 0 Å². The Morgan fingerprint density at radius 3 is 2.53 bits per heavy atom. The molecule has 3 atom stereocenters. The van der Waals surface area contributed by atoms with Gasteiger partial charge in [0.1, 0.15) is 5.60 Å². The van der Waals surface area contributed by atoms with Gasteiger partial charge >= 0.3 is 0 Å². The minimum absolute atomic E-state index is 0.0623. The van der Waals surface area contributed by atoms with Crippen LogP contribution in [0.5, 0.6) is 0 Å². The highest BCUT2D eigenvalue weighted by Gasteiger charge is 2.39. The van der Waals surface area contributed by atoms with E-state index in [-0.39, 0.29) is 11.9 Å². The van der Waals surface area contributed by atoms with Crippen molar-refractivity contribution in [1.82, 2.24) is 4.90 Å². The van der Waals surface area contributed by atoms with Crippen molar-refractivity contribution in [3.63, 3.8) is 0 Å². The Kier molecular flexibility index (Phi) is 3.73. The van der Waals surface area contributed by atoms with Crippen LogP contribution in [0.2, 0.25) is 0 Å². The highest BCUT2D eigenvalue weighted by Crippen LogP contribution is 2.22. The first-order chi connectivity index (χ1) is 6.94. The topological polar surface area (TPSA) is 55.6 Å². The molecule has 1 fully saturated rings. The third-order valence-corrected chi connectivity index (χ3v) is 3.54. The number of nitrogens with two attached hydrogens (primary N) is 1. The molecule has 3 unspecified atom stereocenters. The number of amides is 1. The van der Waals surface area contributed by atoms with E-state index in [1.807, 2.05) is 18.7 Å². The molecule has 0 radical (unpaired) electrons. The summed E-state index contributed by atoms with van der Waals surface area (Å²) in [5.41, 5.74) is 5.21. The summed E-state index contributed by atoms with van der Waals surface area (Å²) < 4.78 is 5.30. The first-order valence-electron chi connectivity index (χ1n) is 5.54. The molecule has 88 valence electrons. The van der Waals surface area contributed by atoms with Gasteiger partial charge in [-0.05, 0) is 19.3 Å². The molecule has 15 heavy (non-hydrogen) atoms. The van der Waals surface area contributed by atoms with E-state index in [4.69, 9.17) is 10.5 Å². The van der Waals surface area contributed by atoms with E-state index in [1.165, 1.54) is 0 Å². The van der Waals surface area contributed by atoms with Gasteiger partial charge in [-0.3, -0.25) is 4.79 Å². The standard InChI is InChI=1S/C11H22N2O2/c1-5-11(3,15-4)10(14)13-6-8(2)9(12)7-13/h8-9H,5-7,12H2,1-4H3. The maximum absolute atomic E-state index is 12.2. The zero-order chi connectivity index (χ0) is 11.6. The summed E-state index contributed by atoms with van der Waals surface area (Å²) in [6.07, 6.45) is 0.683. The van der Waals surface area contributed by atoms with Crippen molar-refractivity contribution in [1.29, 1.82) is 0 Å². The third-order valence-electron chi connectivity index (χ3n) is 3.54. The predicted molar refractivity (Wildman–Crippen MR) is 59.4 cm³/mol. The van der Waals surface area contributed by atoms with Crippen LogP contribution in [0.3, 0.4) is 0 Å². The van der Waals surface area contributed by atoms with Gasteiger partial charge in [-0.15, -0.1) is 0 Å². The Labute approximate surface area is 91.8 Å². The maximum Gasteiger partial charge on any atom is 0.254 e. The van der Waals surface area contributed by atoms with Gasteiger partial charge in [-0.1, -0.05) is 13.8 Å². The lowest BCUT2D eigenvalue weighted by atomic mass is 10.0. The van der Waals surface area contributed by atoms with Gasteiger partial charge in [0.25, 0.3) is 5.91 Å². The van der Waals surface area contributed by atoms with Gasteiger partial charge in [-0.2, -0.15) is 0 Å². The second-order valence-corrected chi connectivity index (χ2v) is 4.64. The average Bonchev–Trinajstić information content (AvgIpc) is 2.57. The predicted octanol–water partition coefficient (Wildman–Crippen LogP) is 0.607. The number of rotatable bonds is 3. The maximum atomic E-state index is 12.2. The summed E-state index contributed by atoms with van der Waals surface area (Å²) in [6, 6.07) is 0.104. The summed E-state index contributed by atoms with van der Waals surface area (Å²) >= 11 is 0. The van der Waals surface area contributed by atoms with Crippen LogP contribution in [0.1, 0.15) is 27.2 Å². The molecular formula is C11H22N2O2. The highest BCUT2D eigenvalue weighted by molar-refractivity contribution is 5.85. The minimum Gasteiger partial charge on any atom is -0.369 e. The number of carbonyl (C=O) groups is 1. The Bertz CT molecular complexity index is 229. The van der Waals surface area contributed by atoms with Crippen LogP contribution in [0.15, 0.2) is 0 Å². The van der Waals surface area contributed by atoms with Gasteiger partial charge in [0.2, 0.25) is 0 Å².